The summed E-state index contributed by atoms with van der Waals surface area (Å²) in [5.41, 5.74) is 12.2. The molecular formula is C29H31N3O2. The highest BCUT2D eigenvalue weighted by Crippen LogP contribution is 2.31. The zero-order chi connectivity index (χ0) is 23.3. The van der Waals surface area contributed by atoms with Crippen LogP contribution in [0.4, 0.5) is 5.69 Å². The molecule has 1 aliphatic rings. The van der Waals surface area contributed by atoms with Crippen LogP contribution in [0.15, 0.2) is 72.8 Å². The number of H-pyrrole nitrogens is 1. The van der Waals surface area contributed by atoms with Crippen LogP contribution in [-0.2, 0) is 12.8 Å². The fourth-order valence-corrected chi connectivity index (χ4v) is 4.88. The second-order valence-corrected chi connectivity index (χ2v) is 9.03. The summed E-state index contributed by atoms with van der Waals surface area (Å²) in [5, 5.41) is 4.75. The minimum atomic E-state index is 0.00717. The summed E-state index contributed by atoms with van der Waals surface area (Å²) >= 11 is 0. The fraction of sp³-hybridized carbons (Fsp3) is 0.276. The van der Waals surface area contributed by atoms with E-state index in [1.165, 1.54) is 29.5 Å². The average molecular weight is 454 g/mol. The molecule has 1 aliphatic carbocycles. The number of nitrogen functional groups attached to an aromatic ring is 1. The van der Waals surface area contributed by atoms with Gasteiger partial charge in [0.25, 0.3) is 0 Å². The highest BCUT2D eigenvalue weighted by Gasteiger charge is 2.17. The number of benzene rings is 3. The van der Waals surface area contributed by atoms with Gasteiger partial charge in [-0.2, -0.15) is 0 Å². The van der Waals surface area contributed by atoms with Crippen molar-refractivity contribution in [2.24, 2.45) is 0 Å². The number of anilines is 1. The first kappa shape index (κ1) is 22.2. The van der Waals surface area contributed by atoms with E-state index in [4.69, 9.17) is 10.5 Å². The Morgan fingerprint density at radius 1 is 1.00 bits per heavy atom. The van der Waals surface area contributed by atoms with Crippen LogP contribution in [0.3, 0.4) is 0 Å². The van der Waals surface area contributed by atoms with E-state index in [1.807, 2.05) is 24.3 Å². The Labute approximate surface area is 200 Å². The Morgan fingerprint density at radius 3 is 2.71 bits per heavy atom. The smallest absolute Gasteiger partial charge is 0.176 e. The topological polar surface area (TPSA) is 80.1 Å². The third-order valence-electron chi connectivity index (χ3n) is 6.66. The third-order valence-corrected chi connectivity index (χ3v) is 6.66. The lowest BCUT2D eigenvalue weighted by Crippen LogP contribution is -2.29. The van der Waals surface area contributed by atoms with Crippen molar-refractivity contribution in [2.45, 2.75) is 38.1 Å². The van der Waals surface area contributed by atoms with Crippen molar-refractivity contribution in [1.29, 1.82) is 0 Å². The molecule has 5 heteroatoms. The Bertz CT molecular complexity index is 1280. The van der Waals surface area contributed by atoms with Crippen LogP contribution in [0.5, 0.6) is 5.75 Å². The molecule has 0 spiro atoms. The maximum Gasteiger partial charge on any atom is 0.176 e. The standard InChI is InChI=1S/C29H31N3O2/c30-22-10-6-9-21(17-22)29(33)19-31-26(20-7-2-1-3-8-20)15-16-34-23-13-14-25-24-11-4-5-12-27(24)32-28(25)18-23/h1-3,6-10,13-14,17-18,26,31-32H,4-5,11-12,15-16,19,30H2. The molecule has 0 bridgehead atoms. The first-order valence-corrected chi connectivity index (χ1v) is 12.1. The van der Waals surface area contributed by atoms with Crippen LogP contribution < -0.4 is 15.8 Å². The number of nitrogens with one attached hydrogen (secondary N) is 2. The number of carbonyl (C=O) groups is 1. The summed E-state index contributed by atoms with van der Waals surface area (Å²) in [6.45, 7) is 0.786. The number of carbonyl (C=O) groups excluding carboxylic acids is 1. The Kier molecular flexibility index (Phi) is 6.63. The van der Waals surface area contributed by atoms with Gasteiger partial charge in [0.2, 0.25) is 0 Å². The van der Waals surface area contributed by atoms with E-state index in [0.717, 1.165) is 36.1 Å². The van der Waals surface area contributed by atoms with E-state index < -0.39 is 0 Å². The van der Waals surface area contributed by atoms with Gasteiger partial charge >= 0.3 is 0 Å². The minimum absolute atomic E-state index is 0.00717. The Hall–Kier alpha value is -3.57. The maximum absolute atomic E-state index is 12.7. The van der Waals surface area contributed by atoms with Gasteiger partial charge in [-0.1, -0.05) is 42.5 Å². The van der Waals surface area contributed by atoms with Crippen molar-refractivity contribution in [1.82, 2.24) is 10.3 Å². The van der Waals surface area contributed by atoms with Gasteiger partial charge in [0.15, 0.2) is 5.78 Å². The summed E-state index contributed by atoms with van der Waals surface area (Å²) in [7, 11) is 0. The first-order chi connectivity index (χ1) is 16.7. The summed E-state index contributed by atoms with van der Waals surface area (Å²) in [5.74, 6) is 0.893. The number of fused-ring (bicyclic) bond motifs is 3. The first-order valence-electron chi connectivity index (χ1n) is 12.1. The number of aromatic amines is 1. The fourth-order valence-electron chi connectivity index (χ4n) is 4.88. The molecule has 0 fully saturated rings. The van der Waals surface area contributed by atoms with Gasteiger partial charge < -0.3 is 20.8 Å². The van der Waals surface area contributed by atoms with Crippen molar-refractivity contribution >= 4 is 22.4 Å². The van der Waals surface area contributed by atoms with Gasteiger partial charge in [-0.05, 0) is 61.1 Å². The van der Waals surface area contributed by atoms with Crippen LogP contribution in [-0.4, -0.2) is 23.9 Å². The molecule has 0 amide bonds. The SMILES string of the molecule is Nc1cccc(C(=O)CNC(CCOc2ccc3c4c([nH]c3c2)CCCC4)c2ccccc2)c1. The molecule has 3 aromatic carbocycles. The van der Waals surface area contributed by atoms with E-state index >= 15 is 0 Å². The molecule has 1 aromatic heterocycles. The largest absolute Gasteiger partial charge is 0.493 e. The minimum Gasteiger partial charge on any atom is -0.493 e. The van der Waals surface area contributed by atoms with Crippen molar-refractivity contribution in [2.75, 3.05) is 18.9 Å². The molecule has 0 aliphatic heterocycles. The number of aromatic nitrogens is 1. The number of Topliss-reactive ketones (excluding diaryl/α,β-unsaturated/α-hetero) is 1. The normalized spacial score (nSPS) is 14.0. The lowest BCUT2D eigenvalue weighted by molar-refractivity contribution is 0.0985. The van der Waals surface area contributed by atoms with Crippen molar-refractivity contribution in [3.05, 3.63) is 95.2 Å². The van der Waals surface area contributed by atoms with E-state index in [2.05, 4.69) is 40.6 Å². The third kappa shape index (κ3) is 5.00. The van der Waals surface area contributed by atoms with Crippen molar-refractivity contribution < 1.29 is 9.53 Å². The molecule has 1 unspecified atom stereocenters. The lowest BCUT2D eigenvalue weighted by atomic mass is 9.96. The lowest BCUT2D eigenvalue weighted by Gasteiger charge is -2.19. The molecule has 1 atom stereocenters. The summed E-state index contributed by atoms with van der Waals surface area (Å²) in [4.78, 5) is 16.3. The summed E-state index contributed by atoms with van der Waals surface area (Å²) < 4.78 is 6.14. The van der Waals surface area contributed by atoms with Crippen LogP contribution in [0.25, 0.3) is 10.9 Å². The van der Waals surface area contributed by atoms with Gasteiger partial charge in [-0.25, -0.2) is 0 Å². The highest BCUT2D eigenvalue weighted by atomic mass is 16.5. The highest BCUT2D eigenvalue weighted by molar-refractivity contribution is 5.98. The molecule has 5 nitrogen and oxygen atoms in total. The van der Waals surface area contributed by atoms with Crippen molar-refractivity contribution in [3.8, 4) is 5.75 Å². The predicted octanol–water partition coefficient (Wildman–Crippen LogP) is 5.61. The summed E-state index contributed by atoms with van der Waals surface area (Å²) in [6, 6.07) is 23.7. The summed E-state index contributed by atoms with van der Waals surface area (Å²) in [6.07, 6.45) is 5.57. The molecule has 34 heavy (non-hydrogen) atoms. The number of nitrogens with two attached hydrogens (primary N) is 1. The maximum atomic E-state index is 12.7. The molecule has 174 valence electrons. The number of rotatable bonds is 9. The molecule has 4 N–H and O–H groups in total. The number of aryl methyl sites for hydroxylation is 2. The predicted molar refractivity (Wildman–Crippen MR) is 137 cm³/mol. The monoisotopic (exact) mass is 453 g/mol. The Balaban J connectivity index is 1.23. The second kappa shape index (κ2) is 10.1. The van der Waals surface area contributed by atoms with Gasteiger partial charge in [-0.15, -0.1) is 0 Å². The number of ether oxygens (including phenoxy) is 1. The van der Waals surface area contributed by atoms with Crippen LogP contribution in [0, 0.1) is 0 Å². The van der Waals surface area contributed by atoms with E-state index in [0.29, 0.717) is 17.9 Å². The molecule has 0 radical (unpaired) electrons. The van der Waals surface area contributed by atoms with E-state index in [-0.39, 0.29) is 18.4 Å². The van der Waals surface area contributed by atoms with E-state index in [1.54, 1.807) is 18.2 Å². The molecule has 5 rings (SSSR count). The molecule has 1 heterocycles. The van der Waals surface area contributed by atoms with Crippen LogP contribution in [0.2, 0.25) is 0 Å². The van der Waals surface area contributed by atoms with Crippen LogP contribution >= 0.6 is 0 Å². The van der Waals surface area contributed by atoms with Gasteiger partial charge in [-0.3, -0.25) is 4.79 Å². The second-order valence-electron chi connectivity index (χ2n) is 9.03. The Morgan fingerprint density at radius 2 is 1.85 bits per heavy atom. The average Bonchev–Trinajstić information content (AvgIpc) is 3.24. The quantitative estimate of drug-likeness (QED) is 0.227. The van der Waals surface area contributed by atoms with E-state index in [9.17, 15) is 4.79 Å². The van der Waals surface area contributed by atoms with Gasteiger partial charge in [0, 0.05) is 46.4 Å². The van der Waals surface area contributed by atoms with Gasteiger partial charge in [0.05, 0.1) is 13.2 Å². The van der Waals surface area contributed by atoms with Crippen LogP contribution in [0.1, 0.15) is 52.5 Å². The number of ketones is 1. The molecule has 0 saturated heterocycles. The zero-order valence-corrected chi connectivity index (χ0v) is 19.3. The van der Waals surface area contributed by atoms with Crippen molar-refractivity contribution in [3.63, 3.8) is 0 Å². The molecule has 4 aromatic rings. The van der Waals surface area contributed by atoms with Gasteiger partial charge in [0.1, 0.15) is 5.75 Å². The molecule has 0 saturated carbocycles. The number of hydrogen-bond acceptors (Lipinski definition) is 4. The number of hydrogen-bond donors (Lipinski definition) is 3. The molecular weight excluding hydrogens is 422 g/mol. The zero-order valence-electron chi connectivity index (χ0n) is 19.3.